The average molecular weight is 332 g/mol. The smallest absolute Gasteiger partial charge is 0.226 e. The Balaban J connectivity index is 2.39. The molecule has 0 aromatic heterocycles. The van der Waals surface area contributed by atoms with Crippen LogP contribution in [-0.4, -0.2) is 25.5 Å². The third kappa shape index (κ3) is 7.99. The van der Waals surface area contributed by atoms with Gasteiger partial charge in [0.25, 0.3) is 0 Å². The summed E-state index contributed by atoms with van der Waals surface area (Å²) in [5, 5.41) is 9.52. The lowest BCUT2D eigenvalue weighted by atomic mass is 10.1. The maximum atomic E-state index is 11.7. The molecule has 0 atom stereocenters. The van der Waals surface area contributed by atoms with Gasteiger partial charge in [-0.05, 0) is 36.5 Å². The van der Waals surface area contributed by atoms with E-state index in [-0.39, 0.29) is 11.8 Å². The van der Waals surface area contributed by atoms with Crippen LogP contribution in [0, 0.1) is 11.8 Å². The molecule has 5 nitrogen and oxygen atoms in total. The van der Waals surface area contributed by atoms with Gasteiger partial charge in [0, 0.05) is 31.7 Å². The first-order valence-electron chi connectivity index (χ1n) is 8.76. The summed E-state index contributed by atoms with van der Waals surface area (Å²) in [4.78, 5) is 15.9. The van der Waals surface area contributed by atoms with Gasteiger partial charge in [-0.3, -0.25) is 9.79 Å². The number of hydrogen-bond donors (Lipinski definition) is 3. The first kappa shape index (κ1) is 20.0. The standard InChI is InChI=1S/C19H32N4O/c1-14(2)7-6-12-21-19(20-5)22-13-16-8-10-17(11-9-16)23-18(24)15(3)4/h8-11,14-15H,6-7,12-13H2,1-5H3,(H,23,24)(H2,20,21,22). The van der Waals surface area contributed by atoms with Crippen LogP contribution < -0.4 is 16.0 Å². The van der Waals surface area contributed by atoms with Crippen molar-refractivity contribution in [1.82, 2.24) is 10.6 Å². The minimum Gasteiger partial charge on any atom is -0.356 e. The molecule has 0 aliphatic carbocycles. The molecule has 1 aromatic carbocycles. The monoisotopic (exact) mass is 332 g/mol. The van der Waals surface area contributed by atoms with Crippen molar-refractivity contribution >= 4 is 17.6 Å². The second kappa shape index (κ2) is 10.7. The van der Waals surface area contributed by atoms with Crippen LogP contribution in [0.2, 0.25) is 0 Å². The molecule has 1 aromatic rings. The number of benzene rings is 1. The van der Waals surface area contributed by atoms with E-state index in [4.69, 9.17) is 0 Å². The van der Waals surface area contributed by atoms with Crippen molar-refractivity contribution in [1.29, 1.82) is 0 Å². The van der Waals surface area contributed by atoms with Gasteiger partial charge in [0.15, 0.2) is 5.96 Å². The zero-order chi connectivity index (χ0) is 17.9. The Morgan fingerprint density at radius 3 is 2.29 bits per heavy atom. The molecule has 0 aliphatic rings. The van der Waals surface area contributed by atoms with Crippen molar-refractivity contribution in [2.45, 2.75) is 47.1 Å². The van der Waals surface area contributed by atoms with Gasteiger partial charge in [-0.15, -0.1) is 0 Å². The van der Waals surface area contributed by atoms with E-state index in [9.17, 15) is 4.79 Å². The Bertz CT molecular complexity index is 521. The normalized spacial score (nSPS) is 11.7. The second-order valence-corrected chi connectivity index (χ2v) is 6.73. The van der Waals surface area contributed by atoms with Crippen LogP contribution in [0.5, 0.6) is 0 Å². The molecule has 1 rings (SSSR count). The van der Waals surface area contributed by atoms with E-state index >= 15 is 0 Å². The van der Waals surface area contributed by atoms with E-state index in [2.05, 4.69) is 34.8 Å². The van der Waals surface area contributed by atoms with Crippen LogP contribution in [-0.2, 0) is 11.3 Å². The molecule has 0 fully saturated rings. The van der Waals surface area contributed by atoms with Crippen LogP contribution in [0.3, 0.4) is 0 Å². The molecule has 0 saturated heterocycles. The van der Waals surface area contributed by atoms with Gasteiger partial charge in [-0.25, -0.2) is 0 Å². The third-order valence-electron chi connectivity index (χ3n) is 3.68. The highest BCUT2D eigenvalue weighted by atomic mass is 16.1. The lowest BCUT2D eigenvalue weighted by Gasteiger charge is -2.13. The summed E-state index contributed by atoms with van der Waals surface area (Å²) in [5.74, 6) is 1.57. The number of rotatable bonds is 8. The van der Waals surface area contributed by atoms with E-state index in [0.29, 0.717) is 6.54 Å². The lowest BCUT2D eigenvalue weighted by molar-refractivity contribution is -0.118. The molecule has 0 saturated carbocycles. The van der Waals surface area contributed by atoms with Gasteiger partial charge in [0.2, 0.25) is 5.91 Å². The first-order valence-corrected chi connectivity index (χ1v) is 8.76. The number of guanidine groups is 1. The number of aliphatic imine (C=N–C) groups is 1. The Morgan fingerprint density at radius 1 is 1.08 bits per heavy atom. The van der Waals surface area contributed by atoms with Crippen LogP contribution in [0.1, 0.15) is 46.1 Å². The maximum absolute atomic E-state index is 11.7. The van der Waals surface area contributed by atoms with E-state index in [1.165, 1.54) is 6.42 Å². The molecule has 1 amide bonds. The van der Waals surface area contributed by atoms with Crippen LogP contribution in [0.25, 0.3) is 0 Å². The quantitative estimate of drug-likeness (QED) is 0.388. The van der Waals surface area contributed by atoms with Crippen molar-refractivity contribution in [3.05, 3.63) is 29.8 Å². The molecular weight excluding hydrogens is 300 g/mol. The average Bonchev–Trinajstić information content (AvgIpc) is 2.55. The summed E-state index contributed by atoms with van der Waals surface area (Å²) in [6.45, 7) is 9.86. The molecule has 0 radical (unpaired) electrons. The number of anilines is 1. The summed E-state index contributed by atoms with van der Waals surface area (Å²) in [5.41, 5.74) is 1.97. The SMILES string of the molecule is CN=C(NCCCC(C)C)NCc1ccc(NC(=O)C(C)C)cc1. The largest absolute Gasteiger partial charge is 0.356 e. The zero-order valence-electron chi connectivity index (χ0n) is 15.6. The third-order valence-corrected chi connectivity index (χ3v) is 3.68. The van der Waals surface area contributed by atoms with Gasteiger partial charge < -0.3 is 16.0 Å². The molecule has 134 valence electrons. The predicted octanol–water partition coefficient (Wildman–Crippen LogP) is 3.38. The number of carbonyl (C=O) groups is 1. The number of carbonyl (C=O) groups excluding carboxylic acids is 1. The van der Waals surface area contributed by atoms with Crippen LogP contribution in [0.15, 0.2) is 29.3 Å². The van der Waals surface area contributed by atoms with Gasteiger partial charge in [0.05, 0.1) is 0 Å². The Labute approximate surface area is 146 Å². The Morgan fingerprint density at radius 2 is 1.75 bits per heavy atom. The van der Waals surface area contributed by atoms with E-state index in [1.807, 2.05) is 38.1 Å². The highest BCUT2D eigenvalue weighted by Crippen LogP contribution is 2.11. The Hall–Kier alpha value is -2.04. The summed E-state index contributed by atoms with van der Waals surface area (Å²) in [6.07, 6.45) is 2.36. The molecule has 0 heterocycles. The minimum absolute atomic E-state index is 0.0172. The van der Waals surface area contributed by atoms with Crippen molar-refractivity contribution in [2.24, 2.45) is 16.8 Å². The molecule has 5 heteroatoms. The fourth-order valence-corrected chi connectivity index (χ4v) is 2.12. The van der Waals surface area contributed by atoms with E-state index in [1.54, 1.807) is 7.05 Å². The van der Waals surface area contributed by atoms with Crippen molar-refractivity contribution in [3.63, 3.8) is 0 Å². The van der Waals surface area contributed by atoms with E-state index in [0.717, 1.165) is 36.1 Å². The lowest BCUT2D eigenvalue weighted by Crippen LogP contribution is -2.37. The molecule has 0 unspecified atom stereocenters. The number of hydrogen-bond acceptors (Lipinski definition) is 2. The first-order chi connectivity index (χ1) is 11.4. The maximum Gasteiger partial charge on any atom is 0.226 e. The van der Waals surface area contributed by atoms with Gasteiger partial charge >= 0.3 is 0 Å². The highest BCUT2D eigenvalue weighted by Gasteiger charge is 2.06. The Kier molecular flexibility index (Phi) is 8.90. The van der Waals surface area contributed by atoms with Gasteiger partial charge in [-0.1, -0.05) is 39.8 Å². The topological polar surface area (TPSA) is 65.5 Å². The van der Waals surface area contributed by atoms with Gasteiger partial charge in [0.1, 0.15) is 0 Å². The molecule has 3 N–H and O–H groups in total. The predicted molar refractivity (Wildman–Crippen MR) is 102 cm³/mol. The molecule has 0 bridgehead atoms. The summed E-state index contributed by atoms with van der Waals surface area (Å²) < 4.78 is 0. The summed E-state index contributed by atoms with van der Waals surface area (Å²) >= 11 is 0. The molecule has 24 heavy (non-hydrogen) atoms. The number of nitrogens with zero attached hydrogens (tertiary/aromatic N) is 1. The molecule has 0 aliphatic heterocycles. The van der Waals surface area contributed by atoms with Crippen LogP contribution in [0.4, 0.5) is 5.69 Å². The van der Waals surface area contributed by atoms with Crippen molar-refractivity contribution < 1.29 is 4.79 Å². The summed E-state index contributed by atoms with van der Waals surface area (Å²) in [7, 11) is 1.78. The number of amides is 1. The molecule has 0 spiro atoms. The fraction of sp³-hybridized carbons (Fsp3) is 0.579. The van der Waals surface area contributed by atoms with Crippen LogP contribution >= 0.6 is 0 Å². The van der Waals surface area contributed by atoms with Gasteiger partial charge in [-0.2, -0.15) is 0 Å². The van der Waals surface area contributed by atoms with Crippen molar-refractivity contribution in [3.8, 4) is 0 Å². The minimum atomic E-state index is -0.0172. The molecular formula is C19H32N4O. The summed E-state index contributed by atoms with van der Waals surface area (Å²) in [6, 6.07) is 7.87. The fourth-order valence-electron chi connectivity index (χ4n) is 2.12. The van der Waals surface area contributed by atoms with E-state index < -0.39 is 0 Å². The highest BCUT2D eigenvalue weighted by molar-refractivity contribution is 5.92. The number of nitrogens with one attached hydrogen (secondary N) is 3. The van der Waals surface area contributed by atoms with Crippen molar-refractivity contribution in [2.75, 3.05) is 18.9 Å². The second-order valence-electron chi connectivity index (χ2n) is 6.73. The zero-order valence-corrected chi connectivity index (χ0v) is 15.6.